The fourth-order valence-electron chi connectivity index (χ4n) is 1.49. The highest BCUT2D eigenvalue weighted by molar-refractivity contribution is 14.0. The van der Waals surface area contributed by atoms with E-state index in [1.165, 1.54) is 20.0 Å². The average molecular weight is 369 g/mol. The molecule has 0 amide bonds. The van der Waals surface area contributed by atoms with E-state index >= 15 is 0 Å². The molecule has 0 spiro atoms. The highest BCUT2D eigenvalue weighted by Gasteiger charge is 2.20. The molecule has 2 N–H and O–H groups in total. The van der Waals surface area contributed by atoms with Crippen molar-refractivity contribution in [3.8, 4) is 0 Å². The summed E-state index contributed by atoms with van der Waals surface area (Å²) in [6.07, 6.45) is 4.96. The molecule has 0 heterocycles. The predicted octanol–water partition coefficient (Wildman–Crippen LogP) is 1.52. The summed E-state index contributed by atoms with van der Waals surface area (Å²) < 4.78 is 4.58. The predicted molar refractivity (Wildman–Crippen MR) is 83.4 cm³/mol. The topological polar surface area (TPSA) is 62.7 Å². The van der Waals surface area contributed by atoms with Crippen LogP contribution in [0.25, 0.3) is 0 Å². The number of carbonyl (C=O) groups excluding carboxylic acids is 1. The van der Waals surface area contributed by atoms with Gasteiger partial charge in [-0.05, 0) is 31.6 Å². The number of nitrogens with zero attached hydrogens (tertiary/aromatic N) is 1. The number of rotatable bonds is 7. The van der Waals surface area contributed by atoms with Crippen molar-refractivity contribution in [1.82, 2.24) is 10.6 Å². The van der Waals surface area contributed by atoms with E-state index in [4.69, 9.17) is 0 Å². The maximum Gasteiger partial charge on any atom is 0.305 e. The summed E-state index contributed by atoms with van der Waals surface area (Å²) in [6.45, 7) is 1.85. The number of ether oxygens (including phenoxy) is 1. The fourth-order valence-corrected chi connectivity index (χ4v) is 1.49. The molecule has 0 aromatic rings. The third kappa shape index (κ3) is 8.54. The molecule has 0 aromatic carbocycles. The van der Waals surface area contributed by atoms with Gasteiger partial charge in [-0.1, -0.05) is 0 Å². The minimum Gasteiger partial charge on any atom is -0.469 e. The van der Waals surface area contributed by atoms with Gasteiger partial charge in [-0.25, -0.2) is 0 Å². The molecule has 6 heteroatoms. The molecule has 18 heavy (non-hydrogen) atoms. The van der Waals surface area contributed by atoms with Crippen LogP contribution in [0.1, 0.15) is 32.1 Å². The molecule has 1 fully saturated rings. The molecule has 1 saturated carbocycles. The largest absolute Gasteiger partial charge is 0.469 e. The average Bonchev–Trinajstić information content (AvgIpc) is 3.16. The van der Waals surface area contributed by atoms with Gasteiger partial charge in [-0.15, -0.1) is 24.0 Å². The van der Waals surface area contributed by atoms with E-state index in [1.807, 2.05) is 0 Å². The van der Waals surface area contributed by atoms with Crippen LogP contribution in [0.5, 0.6) is 0 Å². The van der Waals surface area contributed by atoms with Gasteiger partial charge in [0.15, 0.2) is 5.96 Å². The molecule has 5 nitrogen and oxygen atoms in total. The van der Waals surface area contributed by atoms with Crippen molar-refractivity contribution in [2.75, 3.05) is 27.2 Å². The Bertz CT molecular complexity index is 268. The van der Waals surface area contributed by atoms with Crippen LogP contribution in [0.4, 0.5) is 0 Å². The highest BCUT2D eigenvalue weighted by Crippen LogP contribution is 2.27. The summed E-state index contributed by atoms with van der Waals surface area (Å²) in [5.74, 6) is 1.56. The number of methoxy groups -OCH3 is 1. The number of hydrogen-bond donors (Lipinski definition) is 2. The van der Waals surface area contributed by atoms with E-state index in [9.17, 15) is 4.79 Å². The smallest absolute Gasteiger partial charge is 0.305 e. The number of carbonyl (C=O) groups is 1. The zero-order valence-electron chi connectivity index (χ0n) is 11.2. The lowest BCUT2D eigenvalue weighted by Gasteiger charge is -2.11. The number of aliphatic imine (C=N–C) groups is 1. The Morgan fingerprint density at radius 2 is 2.06 bits per heavy atom. The van der Waals surface area contributed by atoms with Gasteiger partial charge in [0.2, 0.25) is 0 Å². The van der Waals surface area contributed by atoms with Crippen LogP contribution in [0.15, 0.2) is 4.99 Å². The van der Waals surface area contributed by atoms with Crippen molar-refractivity contribution >= 4 is 35.9 Å². The minimum atomic E-state index is -0.138. The normalized spacial score (nSPS) is 14.7. The van der Waals surface area contributed by atoms with Crippen molar-refractivity contribution in [3.63, 3.8) is 0 Å². The highest BCUT2D eigenvalue weighted by atomic mass is 127. The Balaban J connectivity index is 0.00000289. The first-order valence-corrected chi connectivity index (χ1v) is 6.27. The summed E-state index contributed by atoms with van der Waals surface area (Å²) in [5, 5.41) is 6.52. The van der Waals surface area contributed by atoms with Crippen LogP contribution in [-0.2, 0) is 9.53 Å². The number of hydrogen-bond acceptors (Lipinski definition) is 3. The van der Waals surface area contributed by atoms with Gasteiger partial charge in [0.25, 0.3) is 0 Å². The lowest BCUT2D eigenvalue weighted by Crippen LogP contribution is -2.38. The lowest BCUT2D eigenvalue weighted by atomic mass is 10.2. The molecule has 0 bridgehead atoms. The zero-order chi connectivity index (χ0) is 12.5. The number of halogens is 1. The van der Waals surface area contributed by atoms with Crippen molar-refractivity contribution in [2.45, 2.75) is 32.1 Å². The third-order valence-electron chi connectivity index (χ3n) is 2.81. The fraction of sp³-hybridized carbons (Fsp3) is 0.833. The van der Waals surface area contributed by atoms with Crippen LogP contribution in [-0.4, -0.2) is 39.2 Å². The second kappa shape index (κ2) is 10.4. The molecule has 1 rings (SSSR count). The second-order valence-electron chi connectivity index (χ2n) is 4.36. The Morgan fingerprint density at radius 3 is 2.61 bits per heavy atom. The van der Waals surface area contributed by atoms with Crippen LogP contribution >= 0.6 is 24.0 Å². The summed E-state index contributed by atoms with van der Waals surface area (Å²) >= 11 is 0. The van der Waals surface area contributed by atoms with Gasteiger partial charge in [0.05, 0.1) is 7.11 Å². The van der Waals surface area contributed by atoms with E-state index in [2.05, 4.69) is 20.4 Å². The van der Waals surface area contributed by atoms with Gasteiger partial charge in [-0.3, -0.25) is 9.79 Å². The molecule has 0 radical (unpaired) electrons. The van der Waals surface area contributed by atoms with E-state index in [1.54, 1.807) is 7.05 Å². The second-order valence-corrected chi connectivity index (χ2v) is 4.36. The first kappa shape index (κ1) is 17.5. The van der Waals surface area contributed by atoms with E-state index in [0.29, 0.717) is 6.42 Å². The molecule has 1 aliphatic carbocycles. The summed E-state index contributed by atoms with van der Waals surface area (Å²) in [4.78, 5) is 15.0. The lowest BCUT2D eigenvalue weighted by molar-refractivity contribution is -0.140. The van der Waals surface area contributed by atoms with Crippen molar-refractivity contribution in [3.05, 3.63) is 0 Å². The van der Waals surface area contributed by atoms with Gasteiger partial charge in [0, 0.05) is 26.6 Å². The summed E-state index contributed by atoms with van der Waals surface area (Å²) in [5.41, 5.74) is 0. The maximum atomic E-state index is 10.9. The minimum absolute atomic E-state index is 0. The van der Waals surface area contributed by atoms with Gasteiger partial charge >= 0.3 is 5.97 Å². The van der Waals surface area contributed by atoms with Crippen LogP contribution < -0.4 is 10.6 Å². The zero-order valence-corrected chi connectivity index (χ0v) is 13.5. The molecule has 0 aromatic heterocycles. The Hall–Kier alpha value is -0.530. The monoisotopic (exact) mass is 369 g/mol. The molecule has 0 unspecified atom stereocenters. The number of esters is 1. The first-order chi connectivity index (χ1) is 8.26. The molecular weight excluding hydrogens is 345 g/mol. The SMILES string of the molecule is CN=C(NCCCCC(=O)OC)NCC1CC1.I. The van der Waals surface area contributed by atoms with Gasteiger partial charge in [-0.2, -0.15) is 0 Å². The van der Waals surface area contributed by atoms with Gasteiger partial charge in [0.1, 0.15) is 0 Å². The Kier molecular flexibility index (Phi) is 10.1. The third-order valence-corrected chi connectivity index (χ3v) is 2.81. The van der Waals surface area contributed by atoms with Crippen LogP contribution in [0.3, 0.4) is 0 Å². The molecule has 1 aliphatic rings. The number of unbranched alkanes of at least 4 members (excludes halogenated alkanes) is 1. The summed E-state index contributed by atoms with van der Waals surface area (Å²) in [6, 6.07) is 0. The quantitative estimate of drug-likeness (QED) is 0.235. The summed E-state index contributed by atoms with van der Waals surface area (Å²) in [7, 11) is 3.20. The van der Waals surface area contributed by atoms with E-state index < -0.39 is 0 Å². The van der Waals surface area contributed by atoms with Crippen LogP contribution in [0.2, 0.25) is 0 Å². The standard InChI is InChI=1S/C12H23N3O2.HI/c1-13-12(15-9-10-6-7-10)14-8-4-3-5-11(16)17-2;/h10H,3-9H2,1-2H3,(H2,13,14,15);1H. The molecule has 0 atom stereocenters. The molecule has 106 valence electrons. The Labute approximate surface area is 126 Å². The van der Waals surface area contributed by atoms with Crippen LogP contribution in [0, 0.1) is 5.92 Å². The van der Waals surface area contributed by atoms with Crippen molar-refractivity contribution < 1.29 is 9.53 Å². The molecule has 0 saturated heterocycles. The van der Waals surface area contributed by atoms with E-state index in [-0.39, 0.29) is 29.9 Å². The Morgan fingerprint density at radius 1 is 1.33 bits per heavy atom. The number of nitrogens with one attached hydrogen (secondary N) is 2. The maximum absolute atomic E-state index is 10.9. The molecular formula is C12H24IN3O2. The first-order valence-electron chi connectivity index (χ1n) is 6.27. The van der Waals surface area contributed by atoms with Gasteiger partial charge < -0.3 is 15.4 Å². The van der Waals surface area contributed by atoms with Crippen molar-refractivity contribution in [1.29, 1.82) is 0 Å². The molecule has 0 aliphatic heterocycles. The van der Waals surface area contributed by atoms with E-state index in [0.717, 1.165) is 37.8 Å². The number of guanidine groups is 1. The van der Waals surface area contributed by atoms with Crippen molar-refractivity contribution in [2.24, 2.45) is 10.9 Å².